The summed E-state index contributed by atoms with van der Waals surface area (Å²) in [6, 6.07) is 0. The highest BCUT2D eigenvalue weighted by Crippen LogP contribution is 2.15. The Morgan fingerprint density at radius 2 is 0.506 bits per heavy atom. The molecule has 77 heavy (non-hydrogen) atoms. The van der Waals surface area contributed by atoms with Crippen molar-refractivity contribution in [2.45, 2.75) is 284 Å². The fourth-order valence-electron chi connectivity index (χ4n) is 8.43. The highest BCUT2D eigenvalue weighted by Gasteiger charge is 2.19. The van der Waals surface area contributed by atoms with Gasteiger partial charge in [-0.05, 0) is 135 Å². The highest BCUT2D eigenvalue weighted by molar-refractivity contribution is 5.71. The van der Waals surface area contributed by atoms with E-state index in [1.807, 2.05) is 0 Å². The molecule has 0 aliphatic rings. The van der Waals surface area contributed by atoms with E-state index in [2.05, 4.69) is 154 Å². The van der Waals surface area contributed by atoms with Crippen LogP contribution in [0.15, 0.2) is 134 Å². The van der Waals surface area contributed by atoms with E-state index < -0.39 is 6.10 Å². The van der Waals surface area contributed by atoms with Crippen LogP contribution in [0.25, 0.3) is 0 Å². The van der Waals surface area contributed by atoms with Crippen LogP contribution in [0.2, 0.25) is 0 Å². The van der Waals surface area contributed by atoms with Gasteiger partial charge in [0.25, 0.3) is 0 Å². The number of unbranched alkanes of at least 4 members (excludes halogenated alkanes) is 23. The predicted octanol–water partition coefficient (Wildman–Crippen LogP) is 21.8. The minimum absolute atomic E-state index is 0.109. The van der Waals surface area contributed by atoms with Crippen LogP contribution in [0, 0.1) is 0 Å². The zero-order valence-electron chi connectivity index (χ0n) is 49.9. The number of carbonyl (C=O) groups is 3. The average Bonchev–Trinajstić information content (AvgIpc) is 3.43. The van der Waals surface area contributed by atoms with Crippen LogP contribution in [0.5, 0.6) is 0 Å². The maximum absolute atomic E-state index is 12.9. The molecule has 0 N–H and O–H groups in total. The van der Waals surface area contributed by atoms with Crippen molar-refractivity contribution in [1.29, 1.82) is 0 Å². The molecule has 0 saturated heterocycles. The Balaban J connectivity index is 4.48. The number of carbonyl (C=O) groups excluding carboxylic acids is 3. The lowest BCUT2D eigenvalue weighted by molar-refractivity contribution is -0.167. The smallest absolute Gasteiger partial charge is 0.306 e. The van der Waals surface area contributed by atoms with Gasteiger partial charge in [-0.2, -0.15) is 0 Å². The van der Waals surface area contributed by atoms with Crippen molar-refractivity contribution < 1.29 is 28.6 Å². The van der Waals surface area contributed by atoms with Gasteiger partial charge < -0.3 is 14.2 Å². The molecule has 436 valence electrons. The average molecular weight is 1070 g/mol. The van der Waals surface area contributed by atoms with Crippen molar-refractivity contribution in [1.82, 2.24) is 0 Å². The molecule has 0 rings (SSSR count). The van der Waals surface area contributed by atoms with Crippen molar-refractivity contribution >= 4 is 17.9 Å². The van der Waals surface area contributed by atoms with E-state index in [4.69, 9.17) is 14.2 Å². The lowest BCUT2D eigenvalue weighted by atomic mass is 10.1. The molecule has 1 atom stereocenters. The van der Waals surface area contributed by atoms with Gasteiger partial charge in [0.05, 0.1) is 0 Å². The second-order valence-corrected chi connectivity index (χ2v) is 20.5. The first-order valence-corrected chi connectivity index (χ1v) is 31.7. The summed E-state index contributed by atoms with van der Waals surface area (Å²) in [4.78, 5) is 38.3. The number of hydrogen-bond donors (Lipinski definition) is 0. The van der Waals surface area contributed by atoms with Gasteiger partial charge in [0.15, 0.2) is 6.10 Å². The van der Waals surface area contributed by atoms with Crippen molar-refractivity contribution in [3.63, 3.8) is 0 Å². The van der Waals surface area contributed by atoms with Crippen molar-refractivity contribution in [3.05, 3.63) is 134 Å². The van der Waals surface area contributed by atoms with Crippen LogP contribution in [-0.4, -0.2) is 37.2 Å². The van der Waals surface area contributed by atoms with E-state index in [1.54, 1.807) is 0 Å². The maximum atomic E-state index is 12.9. The third-order valence-electron chi connectivity index (χ3n) is 13.1. The van der Waals surface area contributed by atoms with Gasteiger partial charge in [-0.3, -0.25) is 14.4 Å². The first-order valence-electron chi connectivity index (χ1n) is 31.7. The summed E-state index contributed by atoms with van der Waals surface area (Å²) in [5.41, 5.74) is 0. The summed E-state index contributed by atoms with van der Waals surface area (Å²) in [7, 11) is 0. The van der Waals surface area contributed by atoms with Gasteiger partial charge in [-0.25, -0.2) is 0 Å². The highest BCUT2D eigenvalue weighted by atomic mass is 16.6. The molecule has 0 heterocycles. The molecule has 0 aliphatic heterocycles. The molecule has 0 aromatic rings. The summed E-state index contributed by atoms with van der Waals surface area (Å²) < 4.78 is 16.9. The zero-order chi connectivity index (χ0) is 55.7. The lowest BCUT2D eigenvalue weighted by Crippen LogP contribution is -2.30. The van der Waals surface area contributed by atoms with Crippen LogP contribution in [0.3, 0.4) is 0 Å². The fourth-order valence-corrected chi connectivity index (χ4v) is 8.43. The third kappa shape index (κ3) is 62.3. The van der Waals surface area contributed by atoms with E-state index in [0.717, 1.165) is 128 Å². The molecular weight excluding hydrogens is 949 g/mol. The van der Waals surface area contributed by atoms with Gasteiger partial charge in [0, 0.05) is 19.3 Å². The monoisotopic (exact) mass is 1060 g/mol. The van der Waals surface area contributed by atoms with Crippen LogP contribution >= 0.6 is 0 Å². The zero-order valence-corrected chi connectivity index (χ0v) is 49.9. The van der Waals surface area contributed by atoms with Crippen LogP contribution in [0.4, 0.5) is 0 Å². The summed E-state index contributed by atoms with van der Waals surface area (Å²) in [6.45, 7) is 6.36. The Kier molecular flexibility index (Phi) is 60.4. The summed E-state index contributed by atoms with van der Waals surface area (Å²) in [5.74, 6) is -0.974. The third-order valence-corrected chi connectivity index (χ3v) is 13.1. The number of ether oxygens (including phenoxy) is 3. The first kappa shape index (κ1) is 72.5. The minimum atomic E-state index is -0.813. The molecule has 0 aromatic heterocycles. The van der Waals surface area contributed by atoms with E-state index in [0.29, 0.717) is 25.7 Å². The number of hydrogen-bond acceptors (Lipinski definition) is 6. The molecule has 0 aliphatic carbocycles. The van der Waals surface area contributed by atoms with Crippen LogP contribution in [-0.2, 0) is 28.6 Å². The van der Waals surface area contributed by atoms with Gasteiger partial charge >= 0.3 is 17.9 Å². The van der Waals surface area contributed by atoms with Crippen molar-refractivity contribution in [2.75, 3.05) is 13.2 Å². The topological polar surface area (TPSA) is 78.9 Å². The molecule has 0 aromatic carbocycles. The molecule has 0 saturated carbocycles. The fraction of sp³-hybridized carbons (Fsp3) is 0.648. The number of esters is 3. The lowest BCUT2D eigenvalue weighted by Gasteiger charge is -2.18. The molecular formula is C71H116O6. The maximum Gasteiger partial charge on any atom is 0.306 e. The predicted molar refractivity (Wildman–Crippen MR) is 334 cm³/mol. The molecule has 6 heteroatoms. The van der Waals surface area contributed by atoms with Gasteiger partial charge in [-0.1, -0.05) is 257 Å². The largest absolute Gasteiger partial charge is 0.462 e. The van der Waals surface area contributed by atoms with Crippen molar-refractivity contribution in [2.24, 2.45) is 0 Å². The SMILES string of the molecule is CC/C=C\C/C=C\C/C=C\C/C=C\C/C=C\C/C=C\CCCCCCC(=O)OCC(COC(=O)CCCC/C=C\C/C=C\C/C=C\C/C=C\CC)OC(=O)CCCCCCCCCCC/C=C\CCCCCCCCCC. The Bertz CT molecular complexity index is 1650. The molecule has 0 spiro atoms. The second kappa shape index (κ2) is 64.1. The molecule has 0 fully saturated rings. The Hall–Kier alpha value is -4.45. The molecule has 0 radical (unpaired) electrons. The molecule has 0 amide bonds. The minimum Gasteiger partial charge on any atom is -0.462 e. The number of allylic oxidation sites excluding steroid dienone is 22. The van der Waals surface area contributed by atoms with Crippen molar-refractivity contribution in [3.8, 4) is 0 Å². The standard InChI is InChI=1S/C71H116O6/c1-4-7-10-13-16-19-22-25-28-30-32-34-35-37-38-40-43-46-49-52-55-58-61-64-70(73)76-67-68(66-75-69(72)63-60-57-54-51-48-45-42-27-24-21-18-15-12-9-6-3)77-71(74)65-62-59-56-53-50-47-44-41-39-36-33-31-29-26-23-20-17-14-11-8-5-2/h7,9-10,12,16,18-19,21,25,27-28,31-34,37-38,42-43,46,48,51,68H,4-6,8,11,13-15,17,20,22-24,26,29-30,35-36,39-41,44-45,47,49-50,52-67H2,1-3H3/b10-7-,12-9-,19-16-,21-18-,28-25-,33-31-,34-32-,38-37-,42-27-,46-43-,51-48-. The summed E-state index contributed by atoms with van der Waals surface area (Å²) in [5, 5.41) is 0. The van der Waals surface area contributed by atoms with Crippen LogP contribution in [0.1, 0.15) is 278 Å². The van der Waals surface area contributed by atoms with E-state index in [9.17, 15) is 14.4 Å². The molecule has 1 unspecified atom stereocenters. The normalized spacial score (nSPS) is 13.0. The first-order chi connectivity index (χ1) is 38.0. The quantitative estimate of drug-likeness (QED) is 0.0261. The van der Waals surface area contributed by atoms with E-state index in [1.165, 1.54) is 103 Å². The van der Waals surface area contributed by atoms with Gasteiger partial charge in [-0.15, -0.1) is 0 Å². The Morgan fingerprint density at radius 3 is 0.831 bits per heavy atom. The van der Waals surface area contributed by atoms with Gasteiger partial charge in [0.2, 0.25) is 0 Å². The van der Waals surface area contributed by atoms with E-state index in [-0.39, 0.29) is 31.1 Å². The van der Waals surface area contributed by atoms with Crippen LogP contribution < -0.4 is 0 Å². The molecule has 6 nitrogen and oxygen atoms in total. The Morgan fingerprint density at radius 1 is 0.273 bits per heavy atom. The summed E-state index contributed by atoms with van der Waals surface area (Å²) >= 11 is 0. The van der Waals surface area contributed by atoms with E-state index >= 15 is 0 Å². The van der Waals surface area contributed by atoms with Gasteiger partial charge in [0.1, 0.15) is 13.2 Å². The summed E-state index contributed by atoms with van der Waals surface area (Å²) in [6.07, 6.45) is 90.3. The second-order valence-electron chi connectivity index (χ2n) is 20.5. The number of rotatable bonds is 56. The Labute approximate surface area is 475 Å². The molecule has 0 bridgehead atoms.